The predicted molar refractivity (Wildman–Crippen MR) is 114 cm³/mol. The zero-order chi connectivity index (χ0) is 19.0. The number of aryl methyl sites for hydroxylation is 2. The zero-order valence-corrected chi connectivity index (χ0v) is 17.8. The summed E-state index contributed by atoms with van der Waals surface area (Å²) < 4.78 is 7.71. The van der Waals surface area contributed by atoms with E-state index in [0.29, 0.717) is 12.1 Å². The van der Waals surface area contributed by atoms with Crippen LogP contribution < -0.4 is 4.90 Å². The molecule has 140 valence electrons. The number of hydrogen-bond donors (Lipinski definition) is 0. The number of carbonyl (C=O) groups excluding carboxylic acids is 1. The molecule has 2 heterocycles. The fraction of sp³-hybridized carbons (Fsp3) is 0.333. The van der Waals surface area contributed by atoms with Gasteiger partial charge in [0.2, 0.25) is 0 Å². The van der Waals surface area contributed by atoms with E-state index in [1.54, 1.807) is 16.2 Å². The number of hydrogen-bond acceptors (Lipinski definition) is 4. The summed E-state index contributed by atoms with van der Waals surface area (Å²) in [5, 5.41) is 0.731. The van der Waals surface area contributed by atoms with Crippen molar-refractivity contribution in [1.82, 2.24) is 4.98 Å². The van der Waals surface area contributed by atoms with E-state index >= 15 is 0 Å². The van der Waals surface area contributed by atoms with Crippen molar-refractivity contribution in [2.75, 3.05) is 18.1 Å². The molecule has 1 unspecified atom stereocenters. The first-order valence-electron chi connectivity index (χ1n) is 9.08. The fourth-order valence-corrected chi connectivity index (χ4v) is 5.10. The number of aromatic nitrogens is 1. The second-order valence-corrected chi connectivity index (χ2v) is 8.82. The minimum Gasteiger partial charge on any atom is -0.376 e. The van der Waals surface area contributed by atoms with Crippen LogP contribution >= 0.6 is 27.3 Å². The number of anilines is 1. The normalized spacial score (nSPS) is 16.8. The highest BCUT2D eigenvalue weighted by molar-refractivity contribution is 9.10. The Labute approximate surface area is 171 Å². The maximum absolute atomic E-state index is 13.4. The first kappa shape index (κ1) is 18.6. The van der Waals surface area contributed by atoms with Gasteiger partial charge in [-0.3, -0.25) is 9.69 Å². The molecule has 3 aromatic rings. The van der Waals surface area contributed by atoms with E-state index in [1.165, 1.54) is 5.56 Å². The molecule has 1 atom stereocenters. The standard InChI is InChI=1S/C21H21BrN2O2S/c1-13-10-14(2)19-18(11-13)27-21(23-19)24(12-15-6-5-9-26-15)20(25)16-7-3-4-8-17(16)22/h3-4,7-8,10-11,15H,5-6,9,12H2,1-2H3. The molecular weight excluding hydrogens is 424 g/mol. The Kier molecular flexibility index (Phi) is 5.30. The molecule has 6 heteroatoms. The second kappa shape index (κ2) is 7.70. The number of halogens is 1. The average Bonchev–Trinajstić information content (AvgIpc) is 3.29. The molecule has 1 fully saturated rings. The van der Waals surface area contributed by atoms with Crippen molar-refractivity contribution < 1.29 is 9.53 Å². The van der Waals surface area contributed by atoms with Gasteiger partial charge in [0.25, 0.3) is 5.91 Å². The number of nitrogens with zero attached hydrogens (tertiary/aromatic N) is 2. The van der Waals surface area contributed by atoms with Crippen LogP contribution in [0.15, 0.2) is 40.9 Å². The highest BCUT2D eigenvalue weighted by atomic mass is 79.9. The predicted octanol–water partition coefficient (Wildman–Crippen LogP) is 5.50. The topological polar surface area (TPSA) is 42.4 Å². The number of thiazole rings is 1. The lowest BCUT2D eigenvalue weighted by Gasteiger charge is -2.23. The van der Waals surface area contributed by atoms with Crippen molar-refractivity contribution >= 4 is 48.5 Å². The number of carbonyl (C=O) groups is 1. The second-order valence-electron chi connectivity index (χ2n) is 6.96. The van der Waals surface area contributed by atoms with Crippen LogP contribution in [-0.2, 0) is 4.74 Å². The molecule has 0 aliphatic carbocycles. The number of fused-ring (bicyclic) bond motifs is 1. The Morgan fingerprint density at radius 2 is 2.15 bits per heavy atom. The van der Waals surface area contributed by atoms with Crippen LogP contribution in [0.3, 0.4) is 0 Å². The molecule has 1 saturated heterocycles. The first-order chi connectivity index (χ1) is 13.0. The van der Waals surface area contributed by atoms with Gasteiger partial charge < -0.3 is 4.74 Å². The molecule has 1 aliphatic rings. The molecule has 1 aliphatic heterocycles. The summed E-state index contributed by atoms with van der Waals surface area (Å²) in [5.41, 5.74) is 3.96. The summed E-state index contributed by atoms with van der Waals surface area (Å²) in [5.74, 6) is -0.0496. The smallest absolute Gasteiger partial charge is 0.261 e. The number of ether oxygens (including phenoxy) is 1. The van der Waals surface area contributed by atoms with Crippen molar-refractivity contribution in [2.45, 2.75) is 32.8 Å². The van der Waals surface area contributed by atoms with E-state index in [2.05, 4.69) is 41.9 Å². The van der Waals surface area contributed by atoms with Crippen molar-refractivity contribution in [3.63, 3.8) is 0 Å². The Morgan fingerprint density at radius 3 is 2.89 bits per heavy atom. The van der Waals surface area contributed by atoms with Gasteiger partial charge in [0, 0.05) is 11.1 Å². The van der Waals surface area contributed by atoms with Crippen molar-refractivity contribution in [1.29, 1.82) is 0 Å². The molecule has 4 nitrogen and oxygen atoms in total. The first-order valence-corrected chi connectivity index (χ1v) is 10.7. The van der Waals surface area contributed by atoms with Crippen LogP contribution in [0.5, 0.6) is 0 Å². The Balaban J connectivity index is 1.76. The summed E-state index contributed by atoms with van der Waals surface area (Å²) in [6, 6.07) is 11.8. The molecule has 0 saturated carbocycles. The van der Waals surface area contributed by atoms with Gasteiger partial charge in [-0.25, -0.2) is 4.98 Å². The van der Waals surface area contributed by atoms with Gasteiger partial charge in [0.05, 0.1) is 28.4 Å². The maximum atomic E-state index is 13.4. The average molecular weight is 445 g/mol. The Bertz CT molecular complexity index is 995. The SMILES string of the molecule is Cc1cc(C)c2nc(N(CC3CCCO3)C(=O)c3ccccc3Br)sc2c1. The Hall–Kier alpha value is -1.76. The van der Waals surface area contributed by atoms with Crippen molar-refractivity contribution in [2.24, 2.45) is 0 Å². The minimum atomic E-state index is -0.0496. The molecule has 0 spiro atoms. The number of amides is 1. The molecule has 1 aromatic heterocycles. The summed E-state index contributed by atoms with van der Waals surface area (Å²) >= 11 is 5.08. The Morgan fingerprint density at radius 1 is 1.33 bits per heavy atom. The van der Waals surface area contributed by atoms with Crippen LogP contribution in [0.25, 0.3) is 10.2 Å². The third-order valence-corrected chi connectivity index (χ3v) is 6.53. The molecule has 2 aromatic carbocycles. The van der Waals surface area contributed by atoms with Crippen LogP contribution in [0.1, 0.15) is 34.3 Å². The summed E-state index contributed by atoms with van der Waals surface area (Å²) in [7, 11) is 0. The third kappa shape index (κ3) is 3.79. The number of benzene rings is 2. The van der Waals surface area contributed by atoms with Gasteiger partial charge in [-0.15, -0.1) is 0 Å². The molecule has 0 radical (unpaired) electrons. The highest BCUT2D eigenvalue weighted by Gasteiger charge is 2.28. The molecule has 0 N–H and O–H groups in total. The lowest BCUT2D eigenvalue weighted by molar-refractivity contribution is 0.0917. The molecule has 27 heavy (non-hydrogen) atoms. The van der Waals surface area contributed by atoms with E-state index in [4.69, 9.17) is 9.72 Å². The lowest BCUT2D eigenvalue weighted by atomic mass is 10.1. The van der Waals surface area contributed by atoms with E-state index in [-0.39, 0.29) is 12.0 Å². The summed E-state index contributed by atoms with van der Waals surface area (Å²) in [6.07, 6.45) is 2.08. The number of rotatable bonds is 4. The highest BCUT2D eigenvalue weighted by Crippen LogP contribution is 2.33. The van der Waals surface area contributed by atoms with Gasteiger partial charge >= 0.3 is 0 Å². The van der Waals surface area contributed by atoms with Crippen molar-refractivity contribution in [3.05, 3.63) is 57.6 Å². The zero-order valence-electron chi connectivity index (χ0n) is 15.4. The van der Waals surface area contributed by atoms with E-state index in [9.17, 15) is 4.79 Å². The van der Waals surface area contributed by atoms with E-state index < -0.39 is 0 Å². The van der Waals surface area contributed by atoms with Crippen LogP contribution in [-0.4, -0.2) is 30.1 Å². The van der Waals surface area contributed by atoms with Gasteiger partial charge in [0.1, 0.15) is 0 Å². The van der Waals surface area contributed by atoms with E-state index in [1.807, 2.05) is 24.3 Å². The van der Waals surface area contributed by atoms with Crippen LogP contribution in [0, 0.1) is 13.8 Å². The summed E-state index contributed by atoms with van der Waals surface area (Å²) in [4.78, 5) is 20.0. The lowest BCUT2D eigenvalue weighted by Crippen LogP contribution is -2.37. The largest absolute Gasteiger partial charge is 0.376 e. The molecule has 4 rings (SSSR count). The monoisotopic (exact) mass is 444 g/mol. The molecular formula is C21H21BrN2O2S. The van der Waals surface area contributed by atoms with Gasteiger partial charge in [-0.1, -0.05) is 29.5 Å². The van der Waals surface area contributed by atoms with Crippen LogP contribution in [0.2, 0.25) is 0 Å². The van der Waals surface area contributed by atoms with Gasteiger partial charge in [0.15, 0.2) is 5.13 Å². The quantitative estimate of drug-likeness (QED) is 0.533. The van der Waals surface area contributed by atoms with Crippen molar-refractivity contribution in [3.8, 4) is 0 Å². The molecule has 0 bridgehead atoms. The summed E-state index contributed by atoms with van der Waals surface area (Å²) in [6.45, 7) is 5.44. The minimum absolute atomic E-state index is 0.0496. The third-order valence-electron chi connectivity index (χ3n) is 4.81. The maximum Gasteiger partial charge on any atom is 0.261 e. The van der Waals surface area contributed by atoms with E-state index in [0.717, 1.165) is 44.8 Å². The van der Waals surface area contributed by atoms with Gasteiger partial charge in [-0.05, 0) is 71.9 Å². The fourth-order valence-electron chi connectivity index (χ4n) is 3.49. The van der Waals surface area contributed by atoms with Crippen LogP contribution in [0.4, 0.5) is 5.13 Å². The van der Waals surface area contributed by atoms with Gasteiger partial charge in [-0.2, -0.15) is 0 Å². The molecule has 1 amide bonds.